The Balaban J connectivity index is 0.000000169. The zero-order valence-corrected chi connectivity index (χ0v) is 71.9. The van der Waals surface area contributed by atoms with E-state index in [-0.39, 0.29) is 0 Å². The Morgan fingerprint density at radius 3 is 0.373 bits per heavy atom. The summed E-state index contributed by atoms with van der Waals surface area (Å²) < 4.78 is 61.5. The van der Waals surface area contributed by atoms with Crippen LogP contribution in [-0.4, -0.2) is 16.1 Å². The van der Waals surface area contributed by atoms with E-state index in [9.17, 15) is 0 Å². The number of hydrogen-bond acceptors (Lipinski definition) is 4. The van der Waals surface area contributed by atoms with Crippen LogP contribution in [0.2, 0.25) is 26.2 Å². The van der Waals surface area contributed by atoms with Crippen molar-refractivity contribution in [2.24, 2.45) is 0 Å². The van der Waals surface area contributed by atoms with Gasteiger partial charge < -0.3 is 18.3 Å². The average Bonchev–Trinajstić information content (AvgIpc) is 1.55. The number of rotatable bonds is 20. The van der Waals surface area contributed by atoms with E-state index in [1.165, 1.54) is 43.1 Å². The molecule has 0 aromatic heterocycles. The first-order valence-corrected chi connectivity index (χ1v) is 53.0. The number of hydrogen-bond donors (Lipinski definition) is 0. The zero-order chi connectivity index (χ0) is 80.9. The summed E-state index contributed by atoms with van der Waals surface area (Å²) in [7, 11) is -17.7. The molecule has 0 fully saturated rings. The summed E-state index contributed by atoms with van der Waals surface area (Å²) >= 11 is 0. The highest BCUT2D eigenvalue weighted by Crippen LogP contribution is 2.59. The van der Waals surface area contributed by atoms with Gasteiger partial charge in [-0.1, -0.05) is 487 Å². The van der Waals surface area contributed by atoms with Crippen LogP contribution in [-0.2, 0) is 18.3 Å². The van der Waals surface area contributed by atoms with E-state index in [2.05, 4.69) is 245 Å². The van der Waals surface area contributed by atoms with E-state index in [0.29, 0.717) is 0 Å². The smallest absolute Gasteiger partial charge is 0.171 e. The quantitative estimate of drug-likeness (QED) is 0.0563. The van der Waals surface area contributed by atoms with Crippen molar-refractivity contribution < 1.29 is 18.3 Å². The largest absolute Gasteiger partial charge is 0.309 e. The highest BCUT2D eigenvalue weighted by Gasteiger charge is 2.47. The van der Waals surface area contributed by atoms with Crippen molar-refractivity contribution in [1.82, 2.24) is 0 Å². The molecule has 0 aliphatic carbocycles. The van der Waals surface area contributed by atoms with Gasteiger partial charge in [0.05, 0.1) is 0 Å². The van der Waals surface area contributed by atoms with Gasteiger partial charge in [0, 0.05) is 63.7 Å². The van der Waals surface area contributed by atoms with Crippen molar-refractivity contribution in [1.29, 1.82) is 0 Å². The maximum absolute atomic E-state index is 15.4. The molecule has 0 saturated heterocycles. The molecule has 118 heavy (non-hydrogen) atoms. The van der Waals surface area contributed by atoms with Gasteiger partial charge in [0.15, 0.2) is 28.6 Å². The fourth-order valence-electron chi connectivity index (χ4n) is 17.8. The Morgan fingerprint density at radius 2 is 0.246 bits per heavy atom. The summed E-state index contributed by atoms with van der Waals surface area (Å²) in [5, 5.41) is 15.2. The van der Waals surface area contributed by atoms with Crippen LogP contribution in [0.1, 0.15) is 44.5 Å². The molecule has 572 valence electrons. The lowest BCUT2D eigenvalue weighted by atomic mass is 9.89. The van der Waals surface area contributed by atoms with E-state index >= 15 is 18.3 Å². The van der Waals surface area contributed by atoms with E-state index < -0.39 is 44.7 Å². The second kappa shape index (κ2) is 33.4. The predicted molar refractivity (Wildman–Crippen MR) is 511 cm³/mol. The van der Waals surface area contributed by atoms with Crippen molar-refractivity contribution in [2.45, 2.75) is 26.2 Å². The van der Waals surface area contributed by atoms with Gasteiger partial charge in [0.25, 0.3) is 0 Å². The van der Waals surface area contributed by atoms with Crippen molar-refractivity contribution >= 4 is 151 Å². The second-order valence-electron chi connectivity index (χ2n) is 31.0. The van der Waals surface area contributed by atoms with Crippen molar-refractivity contribution in [3.05, 3.63) is 506 Å². The average molecular weight is 1630 g/mol. The SMILES string of the molecule is C[Si]1(C)C(c2ccc(P(=O)(c3ccccc3)c3ccccc3)cc2)=C(c2ccccc2)C(c2ccccc2)=C1c1ccc(P(=O)(c2ccccc2)c2ccccc2)cc1.C[Si]1(C)C(c2ccc(P(=O)(c3ccccc3)c3ccccc3)cc2)=C(c2ccccc2)C(c2ccccc2)=C1c1ccc(P(=O)(c2ccccc2)c2ccccc2)cc1. The first-order valence-electron chi connectivity index (χ1n) is 40.1. The lowest BCUT2D eigenvalue weighted by Crippen LogP contribution is -2.29. The second-order valence-corrected chi connectivity index (χ2v) is 50.6. The Morgan fingerprint density at radius 1 is 0.136 bits per heavy atom. The molecule has 0 spiro atoms. The minimum absolute atomic E-state index is 0.811. The summed E-state index contributed by atoms with van der Waals surface area (Å²) in [5.41, 5.74) is 14.1. The van der Waals surface area contributed by atoms with E-state index in [4.69, 9.17) is 0 Å². The van der Waals surface area contributed by atoms with Crippen molar-refractivity contribution in [3.63, 3.8) is 0 Å². The third-order valence-corrected chi connectivity index (χ3v) is 42.7. The van der Waals surface area contributed by atoms with E-state index in [1.807, 2.05) is 243 Å². The fourth-order valence-corrected chi connectivity index (χ4v) is 36.1. The van der Waals surface area contributed by atoms with Crippen LogP contribution in [0.25, 0.3) is 43.1 Å². The summed E-state index contributed by atoms with van der Waals surface area (Å²) in [4.78, 5) is 0. The monoisotopic (exact) mass is 1630 g/mol. The third kappa shape index (κ3) is 14.4. The standard InChI is InChI=1S/2C54H44O2P2Si/c2*1-59(2)53(43-33-37-49(38-34-43)57(55,45-25-13-5-14-26-45)46-27-15-6-16-28-46)51(41-21-9-3-10-22-41)52(42-23-11-4-12-24-42)54(59)44-35-39-50(40-36-44)58(56,47-29-17-7-18-30-47)48-31-19-8-20-32-48/h2*3-40H,1-2H3. The molecule has 0 N–H and O–H groups in total. The number of benzene rings is 16. The molecule has 0 bridgehead atoms. The van der Waals surface area contributed by atoms with Crippen LogP contribution in [0.5, 0.6) is 0 Å². The first-order chi connectivity index (χ1) is 57.6. The highest BCUT2D eigenvalue weighted by molar-refractivity contribution is 7.86. The van der Waals surface area contributed by atoms with Gasteiger partial charge in [-0.15, -0.1) is 0 Å². The van der Waals surface area contributed by atoms with Crippen LogP contribution in [0.4, 0.5) is 0 Å². The Hall–Kier alpha value is -12.2. The molecular formula is C108H88O4P4Si2. The molecule has 16 aromatic carbocycles. The van der Waals surface area contributed by atoms with Crippen molar-refractivity contribution in [3.8, 4) is 0 Å². The molecule has 0 unspecified atom stereocenters. The zero-order valence-electron chi connectivity index (χ0n) is 66.3. The van der Waals surface area contributed by atoms with Crippen LogP contribution in [0.3, 0.4) is 0 Å². The van der Waals surface area contributed by atoms with Crippen LogP contribution >= 0.6 is 28.6 Å². The van der Waals surface area contributed by atoms with Gasteiger partial charge in [-0.2, -0.15) is 0 Å². The number of allylic oxidation sites excluding steroid dienone is 4. The Kier molecular flexibility index (Phi) is 22.2. The fraction of sp³-hybridized carbons (Fsp3) is 0.0370. The van der Waals surface area contributed by atoms with Gasteiger partial charge in [0.2, 0.25) is 0 Å². The summed E-state index contributed by atoms with van der Waals surface area (Å²) in [6.45, 7) is 9.82. The molecule has 2 aliphatic rings. The lowest BCUT2D eigenvalue weighted by molar-refractivity contribution is 0.591. The minimum atomic E-state index is -3.15. The molecule has 0 atom stereocenters. The normalized spacial score (nSPS) is 14.1. The van der Waals surface area contributed by atoms with Gasteiger partial charge in [-0.3, -0.25) is 0 Å². The molecule has 0 amide bonds. The van der Waals surface area contributed by atoms with Gasteiger partial charge in [0.1, 0.15) is 16.1 Å². The Bertz CT molecular complexity index is 5610. The molecular weight excluding hydrogens is 1540 g/mol. The van der Waals surface area contributed by atoms with Crippen LogP contribution in [0.15, 0.2) is 461 Å². The molecule has 18 rings (SSSR count). The topological polar surface area (TPSA) is 68.3 Å². The Labute approximate surface area is 696 Å². The van der Waals surface area contributed by atoms with Crippen LogP contribution < -0.4 is 63.7 Å². The summed E-state index contributed by atoms with van der Waals surface area (Å²) in [6, 6.07) is 156. The molecule has 4 nitrogen and oxygen atoms in total. The predicted octanol–water partition coefficient (Wildman–Crippen LogP) is 22.6. The maximum atomic E-state index is 15.4. The molecule has 0 saturated carbocycles. The first kappa shape index (κ1) is 78.4. The minimum Gasteiger partial charge on any atom is -0.309 e. The molecule has 16 aromatic rings. The van der Waals surface area contributed by atoms with Crippen molar-refractivity contribution in [2.75, 3.05) is 0 Å². The maximum Gasteiger partial charge on any atom is 0.171 e. The van der Waals surface area contributed by atoms with E-state index in [1.54, 1.807) is 0 Å². The highest BCUT2D eigenvalue weighted by atomic mass is 31.2. The van der Waals surface area contributed by atoms with E-state index in [0.717, 1.165) is 108 Å². The lowest BCUT2D eigenvalue weighted by Gasteiger charge is -2.27. The van der Waals surface area contributed by atoms with Gasteiger partial charge in [-0.05, 0) is 87.6 Å². The van der Waals surface area contributed by atoms with Gasteiger partial charge in [-0.25, -0.2) is 0 Å². The molecule has 0 radical (unpaired) electrons. The van der Waals surface area contributed by atoms with Gasteiger partial charge >= 0.3 is 0 Å². The molecule has 2 heterocycles. The third-order valence-electron chi connectivity index (χ3n) is 23.3. The summed E-state index contributed by atoms with van der Waals surface area (Å²) in [5.74, 6) is 0. The molecule has 2 aliphatic heterocycles. The molecule has 10 heteroatoms. The van der Waals surface area contributed by atoms with Crippen LogP contribution in [0, 0.1) is 0 Å². The summed E-state index contributed by atoms with van der Waals surface area (Å²) in [6.07, 6.45) is 0.